The van der Waals surface area contributed by atoms with E-state index in [4.69, 9.17) is 4.98 Å². The molecule has 16 nitrogen and oxygen atoms in total. The van der Waals surface area contributed by atoms with Crippen LogP contribution in [0.4, 0.5) is 10.8 Å². The van der Waals surface area contributed by atoms with Crippen LogP contribution in [0.1, 0.15) is 71.4 Å². The van der Waals surface area contributed by atoms with E-state index in [-0.39, 0.29) is 24.8 Å². The Balaban J connectivity index is 0.772. The van der Waals surface area contributed by atoms with Gasteiger partial charge in [-0.3, -0.25) is 44.2 Å². The number of fused-ring (bicyclic) bond motifs is 2. The number of nitrogens with zero attached hydrogens (tertiary/aromatic N) is 10. The highest BCUT2D eigenvalue weighted by atomic mass is 32.1. The Morgan fingerprint density at radius 3 is 2.44 bits per heavy atom. The summed E-state index contributed by atoms with van der Waals surface area (Å²) in [5.41, 5.74) is 6.35. The molecule has 5 aromatic rings. The number of piperazine rings is 1. The number of imide groups is 2. The normalized spacial score (nSPS) is 19.5. The third kappa shape index (κ3) is 7.66. The number of nitrogens with one attached hydrogen (secondary N) is 2. The van der Waals surface area contributed by atoms with Crippen LogP contribution in [-0.2, 0) is 16.1 Å². The third-order valence-corrected chi connectivity index (χ3v) is 12.7. The average Bonchev–Trinajstić information content (AvgIpc) is 3.95. The maximum absolute atomic E-state index is 13.3. The van der Waals surface area contributed by atoms with Crippen molar-refractivity contribution in [1.29, 1.82) is 5.26 Å². The molecule has 4 aromatic heterocycles. The van der Waals surface area contributed by atoms with E-state index >= 15 is 0 Å². The van der Waals surface area contributed by atoms with Crippen LogP contribution in [0.5, 0.6) is 0 Å². The number of nitriles is 1. The lowest BCUT2D eigenvalue weighted by Gasteiger charge is -2.38. The number of piperidine rings is 2. The maximum atomic E-state index is 13.3. The summed E-state index contributed by atoms with van der Waals surface area (Å²) in [6.45, 7) is 11.5. The summed E-state index contributed by atoms with van der Waals surface area (Å²) in [4.78, 5) is 63.6. The fourth-order valence-electron chi connectivity index (χ4n) is 8.59. The molecule has 3 saturated heterocycles. The van der Waals surface area contributed by atoms with Crippen LogP contribution < -0.4 is 15.5 Å². The Labute approximate surface area is 344 Å². The van der Waals surface area contributed by atoms with E-state index in [9.17, 15) is 24.4 Å². The van der Waals surface area contributed by atoms with E-state index in [1.165, 1.54) is 0 Å². The number of carbonyl (C=O) groups excluding carboxylic acids is 4. The lowest BCUT2D eigenvalue weighted by atomic mass is 9.95. The lowest BCUT2D eigenvalue weighted by molar-refractivity contribution is -0.136. The first-order valence-corrected chi connectivity index (χ1v) is 21.0. The van der Waals surface area contributed by atoms with Gasteiger partial charge < -0.3 is 10.2 Å². The molecule has 4 aliphatic heterocycles. The van der Waals surface area contributed by atoms with Crippen molar-refractivity contribution >= 4 is 51.3 Å². The second kappa shape index (κ2) is 15.9. The SMILES string of the molecule is CC(C)Nc1cc(-c2ccc3cc(C#N)cnn23)ncc1-c1nnc(N2CCN(CC3CCN(Cc4ccc5c(c4)C(=O)N(C4CCC(=O)NC4=O)C5=O)CC3)CC2)s1. The van der Waals surface area contributed by atoms with E-state index in [2.05, 4.69) is 60.5 Å². The van der Waals surface area contributed by atoms with Crippen molar-refractivity contribution in [2.45, 2.75) is 58.2 Å². The first-order valence-electron chi connectivity index (χ1n) is 20.1. The molecule has 0 spiro atoms. The Kier molecular flexibility index (Phi) is 10.4. The molecule has 0 saturated carbocycles. The van der Waals surface area contributed by atoms with Gasteiger partial charge in [-0.1, -0.05) is 17.4 Å². The van der Waals surface area contributed by atoms with Crippen molar-refractivity contribution in [2.24, 2.45) is 5.92 Å². The zero-order valence-electron chi connectivity index (χ0n) is 32.9. The fourth-order valence-corrected chi connectivity index (χ4v) is 9.51. The monoisotopic (exact) mass is 812 g/mol. The molecule has 0 radical (unpaired) electrons. The molecule has 1 atom stereocenters. The van der Waals surface area contributed by atoms with Crippen LogP contribution in [0.25, 0.3) is 27.5 Å². The zero-order chi connectivity index (χ0) is 40.8. The van der Waals surface area contributed by atoms with Crippen LogP contribution in [0.3, 0.4) is 0 Å². The Morgan fingerprint density at radius 1 is 0.881 bits per heavy atom. The zero-order valence-corrected chi connectivity index (χ0v) is 33.7. The molecule has 4 amide bonds. The van der Waals surface area contributed by atoms with Gasteiger partial charge in [-0.25, -0.2) is 4.52 Å². The standard InChI is InChI=1S/C42H44N12O4S/c1-25(2)46-33-19-34(35-6-4-29-17-28(20-43)21-45-54(29)35)44-22-32(33)39-48-49-42(59-39)52-15-13-51(14-16-52)23-26-9-11-50(12-10-26)24-27-3-5-30-31(18-27)41(58)53(40(30)57)36-7-8-37(55)47-38(36)56/h3-6,17-19,21-22,25-26,36H,7-16,23-24H2,1-2H3,(H,44,46)(H,47,55,56). The van der Waals surface area contributed by atoms with Gasteiger partial charge in [0.15, 0.2) is 5.01 Å². The minimum absolute atomic E-state index is 0.0979. The molecular weight excluding hydrogens is 769 g/mol. The van der Waals surface area contributed by atoms with Crippen molar-refractivity contribution in [3.05, 3.63) is 77.1 Å². The number of hydrogen-bond donors (Lipinski definition) is 2. The average molecular weight is 813 g/mol. The molecule has 302 valence electrons. The molecule has 1 unspecified atom stereocenters. The quantitative estimate of drug-likeness (QED) is 0.193. The van der Waals surface area contributed by atoms with Gasteiger partial charge in [0, 0.05) is 63.6 Å². The molecule has 3 fully saturated rings. The summed E-state index contributed by atoms with van der Waals surface area (Å²) in [7, 11) is 0. The Hall–Kier alpha value is -6.09. The number of likely N-dealkylation sites (tertiary alicyclic amines) is 1. The van der Waals surface area contributed by atoms with Crippen LogP contribution in [-0.4, -0.2) is 121 Å². The van der Waals surface area contributed by atoms with E-state index in [0.717, 1.165) is 107 Å². The van der Waals surface area contributed by atoms with Crippen molar-refractivity contribution in [3.8, 4) is 28.0 Å². The third-order valence-electron chi connectivity index (χ3n) is 11.7. The second-order valence-electron chi connectivity index (χ2n) is 16.0. The van der Waals surface area contributed by atoms with Gasteiger partial charge in [-0.05, 0) is 94.1 Å². The van der Waals surface area contributed by atoms with Gasteiger partial charge >= 0.3 is 0 Å². The summed E-state index contributed by atoms with van der Waals surface area (Å²) in [5.74, 6) is -1.34. The number of aromatic nitrogens is 5. The molecule has 0 aliphatic carbocycles. The van der Waals surface area contributed by atoms with Gasteiger partial charge in [0.25, 0.3) is 11.8 Å². The van der Waals surface area contributed by atoms with E-state index in [1.54, 1.807) is 34.2 Å². The van der Waals surface area contributed by atoms with E-state index < -0.39 is 23.8 Å². The molecule has 8 heterocycles. The molecule has 1 aromatic carbocycles. The Bertz CT molecular complexity index is 2510. The minimum atomic E-state index is -0.963. The van der Waals surface area contributed by atoms with Gasteiger partial charge in [-0.2, -0.15) is 10.4 Å². The summed E-state index contributed by atoms with van der Waals surface area (Å²) >= 11 is 1.58. The smallest absolute Gasteiger partial charge is 0.262 e. The van der Waals surface area contributed by atoms with Gasteiger partial charge in [-0.15, -0.1) is 10.2 Å². The number of amides is 4. The molecular formula is C42H44N12O4S. The highest BCUT2D eigenvalue weighted by molar-refractivity contribution is 7.18. The summed E-state index contributed by atoms with van der Waals surface area (Å²) < 4.78 is 1.79. The summed E-state index contributed by atoms with van der Waals surface area (Å²) in [5, 5.41) is 30.5. The maximum Gasteiger partial charge on any atom is 0.262 e. The largest absolute Gasteiger partial charge is 0.382 e. The van der Waals surface area contributed by atoms with Crippen molar-refractivity contribution < 1.29 is 19.2 Å². The van der Waals surface area contributed by atoms with Crippen molar-refractivity contribution in [2.75, 3.05) is 56.0 Å². The van der Waals surface area contributed by atoms with Gasteiger partial charge in [0.2, 0.25) is 16.9 Å². The predicted octanol–water partition coefficient (Wildman–Crippen LogP) is 4.04. The van der Waals surface area contributed by atoms with Crippen LogP contribution >= 0.6 is 11.3 Å². The van der Waals surface area contributed by atoms with Crippen LogP contribution in [0.2, 0.25) is 0 Å². The first kappa shape index (κ1) is 38.4. The molecule has 4 aliphatic rings. The molecule has 17 heteroatoms. The number of benzene rings is 1. The minimum Gasteiger partial charge on any atom is -0.382 e. The number of rotatable bonds is 10. The number of carbonyl (C=O) groups is 4. The van der Waals surface area contributed by atoms with E-state index in [0.29, 0.717) is 29.2 Å². The number of pyridine rings is 1. The number of anilines is 2. The highest BCUT2D eigenvalue weighted by Crippen LogP contribution is 2.36. The lowest BCUT2D eigenvalue weighted by Crippen LogP contribution is -2.54. The molecule has 0 bridgehead atoms. The van der Waals surface area contributed by atoms with E-state index in [1.807, 2.05) is 36.5 Å². The first-order chi connectivity index (χ1) is 28.6. The Morgan fingerprint density at radius 2 is 1.68 bits per heavy atom. The van der Waals surface area contributed by atoms with Gasteiger partial charge in [0.05, 0.1) is 45.4 Å². The van der Waals surface area contributed by atoms with Crippen molar-refractivity contribution in [1.82, 2.24) is 44.8 Å². The van der Waals surface area contributed by atoms with Gasteiger partial charge in [0.1, 0.15) is 12.1 Å². The van der Waals surface area contributed by atoms with Crippen molar-refractivity contribution in [3.63, 3.8) is 0 Å². The fraction of sp³-hybridized carbons (Fsp3) is 0.405. The molecule has 59 heavy (non-hydrogen) atoms. The summed E-state index contributed by atoms with van der Waals surface area (Å²) in [6, 6.07) is 14.5. The topological polar surface area (TPSA) is 185 Å². The highest BCUT2D eigenvalue weighted by Gasteiger charge is 2.44. The number of hydrogen-bond acceptors (Lipinski definition) is 14. The molecule has 2 N–H and O–H groups in total. The summed E-state index contributed by atoms with van der Waals surface area (Å²) in [6.07, 6.45) is 5.83. The predicted molar refractivity (Wildman–Crippen MR) is 221 cm³/mol. The molecule has 9 rings (SSSR count). The van der Waals surface area contributed by atoms with Crippen LogP contribution in [0, 0.1) is 17.2 Å². The van der Waals surface area contributed by atoms with Crippen LogP contribution in [0.15, 0.2) is 54.9 Å². The second-order valence-corrected chi connectivity index (χ2v) is 17.0.